The van der Waals surface area contributed by atoms with Gasteiger partial charge in [0.25, 0.3) is 0 Å². The molecule has 2 aliphatic carbocycles. The topological polar surface area (TPSA) is 60.0 Å². The Balaban J connectivity index is 0.00000192. The standard InChI is InChI=1S/C16H29N5O.HI/c1-20(2)15(22)11-17-16(18-12-3-4-12)19-13-7-9-21(10-8-13)14-5-6-14;/h12-14H,3-11H2,1-2H3,(H2,17,18,19);1H. The van der Waals surface area contributed by atoms with Gasteiger partial charge in [0.1, 0.15) is 6.54 Å². The van der Waals surface area contributed by atoms with Gasteiger partial charge in [-0.2, -0.15) is 0 Å². The fourth-order valence-corrected chi connectivity index (χ4v) is 2.88. The number of hydrogen-bond acceptors (Lipinski definition) is 3. The summed E-state index contributed by atoms with van der Waals surface area (Å²) in [5.41, 5.74) is 0. The molecule has 6 nitrogen and oxygen atoms in total. The van der Waals surface area contributed by atoms with Crippen LogP contribution in [0.1, 0.15) is 38.5 Å². The number of hydrogen-bond donors (Lipinski definition) is 2. The first kappa shape index (κ1) is 18.8. The fourth-order valence-electron chi connectivity index (χ4n) is 2.88. The predicted octanol–water partition coefficient (Wildman–Crippen LogP) is 1.02. The highest BCUT2D eigenvalue weighted by atomic mass is 127. The van der Waals surface area contributed by atoms with Crippen molar-refractivity contribution in [2.45, 2.75) is 56.7 Å². The Bertz CT molecular complexity index is 426. The van der Waals surface area contributed by atoms with Crippen molar-refractivity contribution in [3.63, 3.8) is 0 Å². The van der Waals surface area contributed by atoms with Crippen molar-refractivity contribution in [2.75, 3.05) is 33.7 Å². The predicted molar refractivity (Wildman–Crippen MR) is 103 cm³/mol. The molecule has 3 fully saturated rings. The summed E-state index contributed by atoms with van der Waals surface area (Å²) in [6.07, 6.45) is 7.54. The number of aliphatic imine (C=N–C) groups is 1. The second kappa shape index (κ2) is 8.50. The minimum atomic E-state index is 0. The first-order valence-corrected chi connectivity index (χ1v) is 8.63. The van der Waals surface area contributed by atoms with Crippen molar-refractivity contribution in [1.29, 1.82) is 0 Å². The first-order chi connectivity index (χ1) is 10.6. The van der Waals surface area contributed by atoms with Gasteiger partial charge in [-0.05, 0) is 38.5 Å². The quantitative estimate of drug-likeness (QED) is 0.385. The number of nitrogens with one attached hydrogen (secondary N) is 2. The number of likely N-dealkylation sites (N-methyl/N-ethyl adjacent to an activating group) is 1. The van der Waals surface area contributed by atoms with Crippen LogP contribution in [0.3, 0.4) is 0 Å². The van der Waals surface area contributed by atoms with E-state index in [1.54, 1.807) is 19.0 Å². The summed E-state index contributed by atoms with van der Waals surface area (Å²) in [6, 6.07) is 1.90. The normalized spacial score (nSPS) is 23.1. The van der Waals surface area contributed by atoms with Crippen molar-refractivity contribution in [1.82, 2.24) is 20.4 Å². The van der Waals surface area contributed by atoms with Gasteiger partial charge >= 0.3 is 0 Å². The van der Waals surface area contributed by atoms with E-state index in [0.717, 1.165) is 12.0 Å². The number of amides is 1. The van der Waals surface area contributed by atoms with Crippen molar-refractivity contribution in [3.8, 4) is 0 Å². The van der Waals surface area contributed by atoms with Crippen LogP contribution in [0, 0.1) is 0 Å². The maximum Gasteiger partial charge on any atom is 0.243 e. The van der Waals surface area contributed by atoms with E-state index in [2.05, 4.69) is 20.5 Å². The average molecular weight is 435 g/mol. The maximum atomic E-state index is 11.7. The van der Waals surface area contributed by atoms with Crippen LogP contribution >= 0.6 is 24.0 Å². The minimum Gasteiger partial charge on any atom is -0.354 e. The Morgan fingerprint density at radius 3 is 2.09 bits per heavy atom. The van der Waals surface area contributed by atoms with Crippen molar-refractivity contribution >= 4 is 35.8 Å². The lowest BCUT2D eigenvalue weighted by atomic mass is 10.1. The fraction of sp³-hybridized carbons (Fsp3) is 0.875. The molecule has 0 unspecified atom stereocenters. The van der Waals surface area contributed by atoms with Crippen LogP contribution in [0.25, 0.3) is 0 Å². The molecule has 2 N–H and O–H groups in total. The lowest BCUT2D eigenvalue weighted by molar-refractivity contribution is -0.127. The zero-order chi connectivity index (χ0) is 15.5. The molecule has 0 aromatic rings. The lowest BCUT2D eigenvalue weighted by Crippen LogP contribution is -2.49. The summed E-state index contributed by atoms with van der Waals surface area (Å²) in [5, 5.41) is 6.98. The second-order valence-corrected chi connectivity index (χ2v) is 7.06. The van der Waals surface area contributed by atoms with Gasteiger partial charge in [0.05, 0.1) is 0 Å². The molecule has 1 heterocycles. The first-order valence-electron chi connectivity index (χ1n) is 8.63. The number of guanidine groups is 1. The van der Waals surface area contributed by atoms with Crippen molar-refractivity contribution in [3.05, 3.63) is 0 Å². The van der Waals surface area contributed by atoms with Gasteiger partial charge in [0, 0.05) is 45.3 Å². The Hall–Kier alpha value is -0.570. The zero-order valence-corrected chi connectivity index (χ0v) is 16.6. The Labute approximate surface area is 156 Å². The summed E-state index contributed by atoms with van der Waals surface area (Å²) in [4.78, 5) is 20.4. The summed E-state index contributed by atoms with van der Waals surface area (Å²) in [7, 11) is 3.54. The monoisotopic (exact) mass is 435 g/mol. The molecule has 1 amide bonds. The number of nitrogens with zero attached hydrogens (tertiary/aromatic N) is 3. The summed E-state index contributed by atoms with van der Waals surface area (Å²) >= 11 is 0. The third-order valence-electron chi connectivity index (χ3n) is 4.72. The van der Waals surface area contributed by atoms with E-state index in [4.69, 9.17) is 0 Å². The van der Waals surface area contributed by atoms with E-state index in [9.17, 15) is 4.79 Å². The van der Waals surface area contributed by atoms with E-state index in [1.807, 2.05) is 0 Å². The van der Waals surface area contributed by atoms with E-state index in [-0.39, 0.29) is 36.4 Å². The highest BCUT2D eigenvalue weighted by molar-refractivity contribution is 14.0. The van der Waals surface area contributed by atoms with Crippen LogP contribution in [0.15, 0.2) is 4.99 Å². The molecule has 3 rings (SSSR count). The number of piperidine rings is 1. The SMILES string of the molecule is CN(C)C(=O)CN=C(NC1CC1)NC1CCN(C2CC2)CC1.I. The van der Waals surface area contributed by atoms with Crippen molar-refractivity contribution < 1.29 is 4.79 Å². The number of halogens is 1. The van der Waals surface area contributed by atoms with Gasteiger partial charge in [-0.25, -0.2) is 4.99 Å². The van der Waals surface area contributed by atoms with Gasteiger partial charge in [-0.15, -0.1) is 24.0 Å². The van der Waals surface area contributed by atoms with Gasteiger partial charge in [-0.1, -0.05) is 0 Å². The molecule has 0 aromatic heterocycles. The number of carbonyl (C=O) groups excluding carboxylic acids is 1. The second-order valence-electron chi connectivity index (χ2n) is 7.06. The zero-order valence-electron chi connectivity index (χ0n) is 14.3. The molecule has 2 saturated carbocycles. The van der Waals surface area contributed by atoms with Crippen LogP contribution in [0.2, 0.25) is 0 Å². The van der Waals surface area contributed by atoms with Crippen LogP contribution < -0.4 is 10.6 Å². The number of carbonyl (C=O) groups is 1. The molecule has 0 aromatic carbocycles. The molecule has 0 atom stereocenters. The Morgan fingerprint density at radius 1 is 1.04 bits per heavy atom. The summed E-state index contributed by atoms with van der Waals surface area (Å²) in [5.74, 6) is 0.864. The number of rotatable bonds is 5. The molecule has 7 heteroatoms. The van der Waals surface area contributed by atoms with Crippen LogP contribution in [-0.2, 0) is 4.79 Å². The van der Waals surface area contributed by atoms with Crippen LogP contribution in [0.5, 0.6) is 0 Å². The summed E-state index contributed by atoms with van der Waals surface area (Å²) in [6.45, 7) is 2.60. The molecular weight excluding hydrogens is 405 g/mol. The summed E-state index contributed by atoms with van der Waals surface area (Å²) < 4.78 is 0. The largest absolute Gasteiger partial charge is 0.354 e. The third-order valence-corrected chi connectivity index (χ3v) is 4.72. The Morgan fingerprint density at radius 2 is 1.61 bits per heavy atom. The van der Waals surface area contributed by atoms with Gasteiger partial charge in [-0.3, -0.25) is 4.79 Å². The molecule has 0 radical (unpaired) electrons. The van der Waals surface area contributed by atoms with Crippen LogP contribution in [-0.4, -0.2) is 73.5 Å². The highest BCUT2D eigenvalue weighted by Gasteiger charge is 2.32. The lowest BCUT2D eigenvalue weighted by Gasteiger charge is -2.33. The van der Waals surface area contributed by atoms with Gasteiger partial charge in [0.2, 0.25) is 5.91 Å². The maximum absolute atomic E-state index is 11.7. The van der Waals surface area contributed by atoms with Crippen LogP contribution in [0.4, 0.5) is 0 Å². The molecule has 0 bridgehead atoms. The van der Waals surface area contributed by atoms with E-state index in [0.29, 0.717) is 12.1 Å². The van der Waals surface area contributed by atoms with Crippen molar-refractivity contribution in [2.24, 2.45) is 4.99 Å². The Kier molecular flexibility index (Phi) is 6.94. The third kappa shape index (κ3) is 6.10. The van der Waals surface area contributed by atoms with E-state index in [1.165, 1.54) is 51.6 Å². The molecule has 3 aliphatic rings. The van der Waals surface area contributed by atoms with Gasteiger partial charge < -0.3 is 20.4 Å². The average Bonchev–Trinajstić information content (AvgIpc) is 3.37. The van der Waals surface area contributed by atoms with E-state index < -0.39 is 0 Å². The van der Waals surface area contributed by atoms with E-state index >= 15 is 0 Å². The number of likely N-dealkylation sites (tertiary alicyclic amines) is 1. The molecule has 1 aliphatic heterocycles. The highest BCUT2D eigenvalue weighted by Crippen LogP contribution is 2.29. The molecule has 132 valence electrons. The minimum absolute atomic E-state index is 0. The molecular formula is C16H30IN5O. The molecule has 1 saturated heterocycles. The molecule has 0 spiro atoms. The van der Waals surface area contributed by atoms with Gasteiger partial charge in [0.15, 0.2) is 5.96 Å². The smallest absolute Gasteiger partial charge is 0.243 e. The molecule has 23 heavy (non-hydrogen) atoms.